The molecule has 3 heterocycles. The average molecular weight is 794 g/mol. The molecule has 14 nitrogen and oxygen atoms in total. The second kappa shape index (κ2) is 14.6. The molecule has 3 amide bonds. The molecule has 5 rings (SSSR count). The van der Waals surface area contributed by atoms with E-state index in [0.717, 1.165) is 5.56 Å². The number of ether oxygens (including phenoxy) is 3. The molecule has 300 valence electrons. The first-order chi connectivity index (χ1) is 25.7. The highest BCUT2D eigenvalue weighted by atomic mass is 32.2. The van der Waals surface area contributed by atoms with Crippen molar-refractivity contribution in [2.45, 2.75) is 115 Å². The third kappa shape index (κ3) is 8.85. The summed E-state index contributed by atoms with van der Waals surface area (Å²) in [6.45, 7) is 18.1. The molecule has 0 aliphatic carbocycles. The summed E-state index contributed by atoms with van der Waals surface area (Å²) < 4.78 is 62.5. The molecule has 0 saturated carbocycles. The quantitative estimate of drug-likeness (QED) is 0.170. The molecule has 2 aromatic carbocycles. The van der Waals surface area contributed by atoms with Gasteiger partial charge in [0.05, 0.1) is 16.8 Å². The predicted octanol–water partition coefficient (Wildman–Crippen LogP) is 9.09. The number of carbonyl (C=O) groups excluding carboxylic acids is 3. The number of sulfone groups is 1. The Hall–Kier alpha value is -5.38. The molecule has 16 heteroatoms. The number of amides is 3. The van der Waals surface area contributed by atoms with Gasteiger partial charge in [-0.25, -0.2) is 37.2 Å². The molecule has 0 radical (unpaired) electrons. The zero-order chi connectivity index (χ0) is 41.8. The minimum absolute atomic E-state index is 0.0107. The molecule has 1 aliphatic rings. The molecule has 0 spiro atoms. The number of rotatable bonds is 6. The normalized spacial score (nSPS) is 16.1. The summed E-state index contributed by atoms with van der Waals surface area (Å²) in [5.41, 5.74) is -0.585. The van der Waals surface area contributed by atoms with E-state index in [0.29, 0.717) is 21.7 Å². The number of imide groups is 1. The van der Waals surface area contributed by atoms with Crippen molar-refractivity contribution >= 4 is 33.9 Å². The largest absolute Gasteiger partial charge is 0.444 e. The maximum absolute atomic E-state index is 15.6. The summed E-state index contributed by atoms with van der Waals surface area (Å²) in [5.74, 6) is -0.322. The number of aromatic nitrogens is 3. The number of alkyl halides is 1. The molecular weight excluding hydrogens is 746 g/mol. The Morgan fingerprint density at radius 1 is 0.804 bits per heavy atom. The summed E-state index contributed by atoms with van der Waals surface area (Å²) in [4.78, 5) is 51.1. The maximum Gasteiger partial charge on any atom is 0.425 e. The lowest BCUT2D eigenvalue weighted by atomic mass is 9.98. The summed E-state index contributed by atoms with van der Waals surface area (Å²) >= 11 is 0. The molecule has 1 atom stereocenters. The molecule has 1 aliphatic heterocycles. The summed E-state index contributed by atoms with van der Waals surface area (Å²) in [5, 5.41) is 4.23. The van der Waals surface area contributed by atoms with Crippen LogP contribution < -0.4 is 4.90 Å². The first-order valence-corrected chi connectivity index (χ1v) is 19.3. The first kappa shape index (κ1) is 41.8. The van der Waals surface area contributed by atoms with E-state index in [1.54, 1.807) is 81.5 Å². The van der Waals surface area contributed by atoms with Gasteiger partial charge in [0.1, 0.15) is 33.4 Å². The lowest BCUT2D eigenvalue weighted by Crippen LogP contribution is -2.44. The van der Waals surface area contributed by atoms with Crippen LogP contribution in [0.15, 0.2) is 64.1 Å². The number of fused-ring (bicyclic) bond motifs is 1. The van der Waals surface area contributed by atoms with Gasteiger partial charge in [0, 0.05) is 36.3 Å². The van der Waals surface area contributed by atoms with Gasteiger partial charge in [0.2, 0.25) is 0 Å². The SMILES string of the molecule is CN(Cc1ccc(-c2cc(-c3nc(-c4ccc5c(c4)[C@H](F)C(C)(C)S5(=O)=O)cnc3N(C(=O)OC(C)(C)C)C(=O)OC(C)(C)C)on2)cc1)C(=O)OC(C)(C)C. The fourth-order valence-electron chi connectivity index (χ4n) is 5.64. The second-order valence-corrected chi connectivity index (χ2v) is 19.6. The topological polar surface area (TPSA) is 171 Å². The summed E-state index contributed by atoms with van der Waals surface area (Å²) in [6, 6.07) is 12.9. The molecule has 0 fully saturated rings. The molecule has 56 heavy (non-hydrogen) atoms. The second-order valence-electron chi connectivity index (χ2n) is 17.1. The van der Waals surface area contributed by atoms with Gasteiger partial charge in [-0.2, -0.15) is 4.90 Å². The highest BCUT2D eigenvalue weighted by Gasteiger charge is 2.52. The number of halogens is 1. The van der Waals surface area contributed by atoms with Crippen molar-refractivity contribution in [2.24, 2.45) is 0 Å². The van der Waals surface area contributed by atoms with Crippen LogP contribution in [-0.2, 0) is 30.6 Å². The third-order valence-corrected chi connectivity index (χ3v) is 10.9. The Kier molecular flexibility index (Phi) is 10.9. The summed E-state index contributed by atoms with van der Waals surface area (Å²) in [7, 11) is -2.32. The van der Waals surface area contributed by atoms with Gasteiger partial charge < -0.3 is 23.6 Å². The van der Waals surface area contributed by atoms with Gasteiger partial charge in [-0.1, -0.05) is 35.5 Å². The van der Waals surface area contributed by atoms with Crippen LogP contribution in [0.5, 0.6) is 0 Å². The van der Waals surface area contributed by atoms with Crippen molar-refractivity contribution in [3.8, 4) is 34.0 Å². The standard InChI is InChI=1S/C40H48FN5O9S/c1-37(2,3)52-34(47)45(12)22-23-13-15-24(16-14-23)27-20-29(55-44-27)31-33(46(35(48)53-38(4,5)6)36(49)54-39(7,8)9)42-21-28(43-31)25-17-18-30-26(19-25)32(41)40(10,11)56(30,50)51/h13-21,32H,22H2,1-12H3/t32-/m0/s1. The third-order valence-electron chi connectivity index (χ3n) is 8.41. The van der Waals surface area contributed by atoms with E-state index in [1.165, 1.54) is 49.2 Å². The van der Waals surface area contributed by atoms with E-state index in [2.05, 4.69) is 10.1 Å². The summed E-state index contributed by atoms with van der Waals surface area (Å²) in [6.07, 6.45) is -3.23. The lowest BCUT2D eigenvalue weighted by molar-refractivity contribution is 0.0283. The van der Waals surface area contributed by atoms with E-state index < -0.39 is 55.8 Å². The Balaban J connectivity index is 1.60. The monoisotopic (exact) mass is 793 g/mol. The highest BCUT2D eigenvalue weighted by Crippen LogP contribution is 2.49. The van der Waals surface area contributed by atoms with Crippen molar-refractivity contribution in [2.75, 3.05) is 11.9 Å². The number of nitrogens with zero attached hydrogens (tertiary/aromatic N) is 5. The highest BCUT2D eigenvalue weighted by molar-refractivity contribution is 7.93. The Morgan fingerprint density at radius 3 is 1.89 bits per heavy atom. The van der Waals surface area contributed by atoms with Gasteiger partial charge in [-0.15, -0.1) is 0 Å². The minimum atomic E-state index is -3.96. The van der Waals surface area contributed by atoms with Crippen LogP contribution in [0, 0.1) is 0 Å². The first-order valence-electron chi connectivity index (χ1n) is 17.9. The fraction of sp³-hybridized carbons (Fsp3) is 0.450. The van der Waals surface area contributed by atoms with Crippen LogP contribution in [-0.4, -0.2) is 75.3 Å². The molecule has 0 bridgehead atoms. The number of anilines is 1. The molecular formula is C40H48FN5O9S. The van der Waals surface area contributed by atoms with Crippen LogP contribution >= 0.6 is 0 Å². The number of hydrogen-bond acceptors (Lipinski definition) is 12. The number of carbonyl (C=O) groups is 3. The van der Waals surface area contributed by atoms with Crippen molar-refractivity contribution in [1.82, 2.24) is 20.0 Å². The van der Waals surface area contributed by atoms with E-state index in [4.69, 9.17) is 23.7 Å². The maximum atomic E-state index is 15.6. The molecule has 0 saturated heterocycles. The minimum Gasteiger partial charge on any atom is -0.444 e. The number of hydrogen-bond donors (Lipinski definition) is 0. The smallest absolute Gasteiger partial charge is 0.425 e. The van der Waals surface area contributed by atoms with Crippen LogP contribution in [0.3, 0.4) is 0 Å². The zero-order valence-corrected chi connectivity index (χ0v) is 34.5. The van der Waals surface area contributed by atoms with Crippen LogP contribution in [0.2, 0.25) is 0 Å². The predicted molar refractivity (Wildman–Crippen MR) is 206 cm³/mol. The van der Waals surface area contributed by atoms with Gasteiger partial charge in [0.25, 0.3) is 0 Å². The van der Waals surface area contributed by atoms with Crippen LogP contribution in [0.1, 0.15) is 93.5 Å². The zero-order valence-electron chi connectivity index (χ0n) is 33.7. The Labute approximate surface area is 326 Å². The van der Waals surface area contributed by atoms with Crippen LogP contribution in [0.25, 0.3) is 34.0 Å². The van der Waals surface area contributed by atoms with E-state index >= 15 is 4.39 Å². The van der Waals surface area contributed by atoms with Crippen molar-refractivity contribution in [3.05, 3.63) is 65.9 Å². The molecule has 0 unspecified atom stereocenters. The van der Waals surface area contributed by atoms with Crippen LogP contribution in [0.4, 0.5) is 24.6 Å². The van der Waals surface area contributed by atoms with Crippen molar-refractivity contribution in [1.29, 1.82) is 0 Å². The fourth-order valence-corrected chi connectivity index (χ4v) is 7.33. The molecule has 2 aromatic heterocycles. The molecule has 0 N–H and O–H groups in total. The van der Waals surface area contributed by atoms with E-state index in [1.807, 2.05) is 12.1 Å². The average Bonchev–Trinajstić information content (AvgIpc) is 3.60. The molecule has 4 aromatic rings. The van der Waals surface area contributed by atoms with Gasteiger partial charge in [-0.05, 0) is 93.9 Å². The van der Waals surface area contributed by atoms with Gasteiger partial charge >= 0.3 is 18.3 Å². The number of benzene rings is 2. The van der Waals surface area contributed by atoms with Gasteiger partial charge in [-0.3, -0.25) is 0 Å². The lowest BCUT2D eigenvalue weighted by Gasteiger charge is -2.28. The van der Waals surface area contributed by atoms with Crippen molar-refractivity contribution < 1.29 is 45.9 Å². The Bertz CT molecular complexity index is 2240. The van der Waals surface area contributed by atoms with E-state index in [9.17, 15) is 22.8 Å². The van der Waals surface area contributed by atoms with E-state index in [-0.39, 0.29) is 40.0 Å². The van der Waals surface area contributed by atoms with Gasteiger partial charge in [0.15, 0.2) is 27.1 Å². The van der Waals surface area contributed by atoms with Crippen molar-refractivity contribution in [3.63, 3.8) is 0 Å². The Morgan fingerprint density at radius 2 is 1.34 bits per heavy atom.